The van der Waals surface area contributed by atoms with Crippen LogP contribution in [0, 0.1) is 5.92 Å². The molecule has 0 radical (unpaired) electrons. The van der Waals surface area contributed by atoms with E-state index in [0.717, 1.165) is 18.4 Å². The Bertz CT molecular complexity index is 152. The van der Waals surface area contributed by atoms with Crippen molar-refractivity contribution in [1.29, 1.82) is 0 Å². The van der Waals surface area contributed by atoms with E-state index in [2.05, 4.69) is 19.9 Å². The van der Waals surface area contributed by atoms with Crippen LogP contribution in [0.5, 0.6) is 0 Å². The molecular weight excluding hydrogens is 164 g/mol. The summed E-state index contributed by atoms with van der Waals surface area (Å²) >= 11 is 0. The Morgan fingerprint density at radius 1 is 1.54 bits per heavy atom. The maximum atomic E-state index is 8.81. The van der Waals surface area contributed by atoms with Crippen molar-refractivity contribution in [2.75, 3.05) is 13.7 Å². The quantitative estimate of drug-likeness (QED) is 0.645. The Morgan fingerprint density at radius 2 is 2.15 bits per heavy atom. The predicted octanol–water partition coefficient (Wildman–Crippen LogP) is 2.38. The minimum absolute atomic E-state index is 0.150. The molecule has 0 fully saturated rings. The molecule has 0 heterocycles. The van der Waals surface area contributed by atoms with Gasteiger partial charge in [-0.25, -0.2) is 0 Å². The third kappa shape index (κ3) is 5.06. The van der Waals surface area contributed by atoms with Crippen LogP contribution >= 0.6 is 0 Å². The van der Waals surface area contributed by atoms with E-state index in [1.807, 2.05) is 6.92 Å². The highest BCUT2D eigenvalue weighted by Crippen LogP contribution is 2.15. The lowest BCUT2D eigenvalue weighted by Crippen LogP contribution is -2.19. The Morgan fingerprint density at radius 3 is 2.54 bits per heavy atom. The van der Waals surface area contributed by atoms with Gasteiger partial charge >= 0.3 is 0 Å². The molecule has 0 saturated heterocycles. The lowest BCUT2D eigenvalue weighted by molar-refractivity contribution is 0.0594. The molecule has 2 heteroatoms. The fourth-order valence-electron chi connectivity index (χ4n) is 1.21. The van der Waals surface area contributed by atoms with Crippen molar-refractivity contribution < 1.29 is 9.84 Å². The van der Waals surface area contributed by atoms with Crippen LogP contribution in [0.25, 0.3) is 0 Å². The number of aliphatic hydroxyl groups excluding tert-OH is 1. The van der Waals surface area contributed by atoms with Crippen molar-refractivity contribution in [3.05, 3.63) is 11.6 Å². The van der Waals surface area contributed by atoms with E-state index in [4.69, 9.17) is 9.84 Å². The van der Waals surface area contributed by atoms with Crippen LogP contribution in [0.1, 0.15) is 33.6 Å². The third-order valence-electron chi connectivity index (χ3n) is 2.53. The van der Waals surface area contributed by atoms with E-state index in [9.17, 15) is 0 Å². The number of aliphatic hydroxyl groups is 1. The molecule has 1 N–H and O–H groups in total. The highest BCUT2D eigenvalue weighted by molar-refractivity contribution is 4.98. The number of hydrogen-bond acceptors (Lipinski definition) is 2. The summed E-state index contributed by atoms with van der Waals surface area (Å²) in [7, 11) is 1.75. The second-order valence-corrected chi connectivity index (χ2v) is 3.60. The highest BCUT2D eigenvalue weighted by atomic mass is 16.5. The van der Waals surface area contributed by atoms with Gasteiger partial charge in [-0.3, -0.25) is 0 Å². The minimum atomic E-state index is 0.150. The molecule has 0 amide bonds. The molecule has 0 aliphatic carbocycles. The minimum Gasteiger partial charge on any atom is -0.392 e. The van der Waals surface area contributed by atoms with Crippen LogP contribution in [0.2, 0.25) is 0 Å². The molecule has 0 aromatic heterocycles. The summed E-state index contributed by atoms with van der Waals surface area (Å²) in [6, 6.07) is 0. The molecular formula is C11H22O2. The standard InChI is InChI=1S/C11H22O2/c1-5-10(3)11(13-4)7-6-9(2)8-12/h6,10-12H,5,7-8H2,1-4H3. The SMILES string of the molecule is CCC(C)C(CC=C(C)CO)OC. The number of ether oxygens (including phenoxy) is 1. The van der Waals surface area contributed by atoms with Gasteiger partial charge in [-0.2, -0.15) is 0 Å². The first-order chi connectivity index (χ1) is 6.15. The molecule has 0 aliphatic rings. The highest BCUT2D eigenvalue weighted by Gasteiger charge is 2.12. The normalized spacial score (nSPS) is 17.2. The van der Waals surface area contributed by atoms with Gasteiger partial charge in [0.2, 0.25) is 0 Å². The summed E-state index contributed by atoms with van der Waals surface area (Å²) in [4.78, 5) is 0. The van der Waals surface area contributed by atoms with E-state index < -0.39 is 0 Å². The first kappa shape index (κ1) is 12.7. The van der Waals surface area contributed by atoms with E-state index in [1.165, 1.54) is 0 Å². The molecule has 0 aromatic rings. The summed E-state index contributed by atoms with van der Waals surface area (Å²) < 4.78 is 5.37. The van der Waals surface area contributed by atoms with Crippen molar-refractivity contribution in [2.45, 2.75) is 39.7 Å². The molecule has 0 saturated carbocycles. The molecule has 0 aromatic carbocycles. The summed E-state index contributed by atoms with van der Waals surface area (Å²) in [6.07, 6.45) is 4.37. The summed E-state index contributed by atoms with van der Waals surface area (Å²) in [5.41, 5.74) is 1.02. The van der Waals surface area contributed by atoms with Gasteiger partial charge in [0.25, 0.3) is 0 Å². The van der Waals surface area contributed by atoms with Gasteiger partial charge in [0.15, 0.2) is 0 Å². The lowest BCUT2D eigenvalue weighted by atomic mass is 9.98. The zero-order valence-corrected chi connectivity index (χ0v) is 9.21. The molecule has 13 heavy (non-hydrogen) atoms. The van der Waals surface area contributed by atoms with E-state index in [-0.39, 0.29) is 12.7 Å². The Hall–Kier alpha value is -0.340. The van der Waals surface area contributed by atoms with E-state index in [1.54, 1.807) is 7.11 Å². The average Bonchev–Trinajstić information content (AvgIpc) is 2.17. The molecule has 0 bridgehead atoms. The molecule has 2 nitrogen and oxygen atoms in total. The first-order valence-electron chi connectivity index (χ1n) is 4.94. The van der Waals surface area contributed by atoms with Crippen molar-refractivity contribution in [3.8, 4) is 0 Å². The maximum absolute atomic E-state index is 8.81. The van der Waals surface area contributed by atoms with Gasteiger partial charge in [-0.15, -0.1) is 0 Å². The van der Waals surface area contributed by atoms with Gasteiger partial charge < -0.3 is 9.84 Å². The fraction of sp³-hybridized carbons (Fsp3) is 0.818. The Labute approximate surface area is 81.6 Å². The van der Waals surface area contributed by atoms with Crippen molar-refractivity contribution in [1.82, 2.24) is 0 Å². The number of methoxy groups -OCH3 is 1. The molecule has 0 rings (SSSR count). The monoisotopic (exact) mass is 186 g/mol. The van der Waals surface area contributed by atoms with Gasteiger partial charge in [0.1, 0.15) is 0 Å². The zero-order valence-electron chi connectivity index (χ0n) is 9.21. The van der Waals surface area contributed by atoms with E-state index in [0.29, 0.717) is 5.92 Å². The fourth-order valence-corrected chi connectivity index (χ4v) is 1.21. The predicted molar refractivity (Wildman–Crippen MR) is 55.7 cm³/mol. The lowest BCUT2D eigenvalue weighted by Gasteiger charge is -2.20. The summed E-state index contributed by atoms with van der Waals surface area (Å²) in [5, 5.41) is 8.81. The van der Waals surface area contributed by atoms with Crippen molar-refractivity contribution in [3.63, 3.8) is 0 Å². The molecule has 2 unspecified atom stereocenters. The first-order valence-corrected chi connectivity index (χ1v) is 4.94. The maximum Gasteiger partial charge on any atom is 0.0639 e. The van der Waals surface area contributed by atoms with Crippen LogP contribution in [-0.2, 0) is 4.74 Å². The van der Waals surface area contributed by atoms with Crippen LogP contribution in [0.15, 0.2) is 11.6 Å². The van der Waals surface area contributed by atoms with Crippen LogP contribution in [0.4, 0.5) is 0 Å². The average molecular weight is 186 g/mol. The Balaban J connectivity index is 3.98. The van der Waals surface area contributed by atoms with Crippen molar-refractivity contribution in [2.24, 2.45) is 5.92 Å². The van der Waals surface area contributed by atoms with Crippen molar-refractivity contribution >= 4 is 0 Å². The van der Waals surface area contributed by atoms with Gasteiger partial charge in [0, 0.05) is 7.11 Å². The van der Waals surface area contributed by atoms with E-state index >= 15 is 0 Å². The van der Waals surface area contributed by atoms with Gasteiger partial charge in [-0.1, -0.05) is 31.9 Å². The topological polar surface area (TPSA) is 29.5 Å². The van der Waals surface area contributed by atoms with Gasteiger partial charge in [-0.05, 0) is 19.3 Å². The van der Waals surface area contributed by atoms with Crippen LogP contribution in [-0.4, -0.2) is 24.9 Å². The molecule has 0 spiro atoms. The largest absolute Gasteiger partial charge is 0.392 e. The van der Waals surface area contributed by atoms with Crippen LogP contribution in [0.3, 0.4) is 0 Å². The smallest absolute Gasteiger partial charge is 0.0639 e. The second-order valence-electron chi connectivity index (χ2n) is 3.60. The summed E-state index contributed by atoms with van der Waals surface area (Å²) in [5.74, 6) is 0.577. The van der Waals surface area contributed by atoms with Crippen LogP contribution < -0.4 is 0 Å². The summed E-state index contributed by atoms with van der Waals surface area (Å²) in [6.45, 7) is 6.44. The molecule has 0 aliphatic heterocycles. The zero-order chi connectivity index (χ0) is 10.3. The third-order valence-corrected chi connectivity index (χ3v) is 2.53. The molecule has 2 atom stereocenters. The number of rotatable bonds is 6. The van der Waals surface area contributed by atoms with Gasteiger partial charge in [0.05, 0.1) is 12.7 Å². The molecule has 78 valence electrons. The second kappa shape index (κ2) is 7.10. The number of hydrogen-bond donors (Lipinski definition) is 1. The Kier molecular flexibility index (Phi) is 6.92.